The Kier molecular flexibility index (Phi) is 4.27. The summed E-state index contributed by atoms with van der Waals surface area (Å²) in [6.45, 7) is -1.21. The normalized spacial score (nSPS) is 10.9. The summed E-state index contributed by atoms with van der Waals surface area (Å²) >= 11 is 0. The number of rotatable bonds is 4. The molecule has 0 aliphatic carbocycles. The van der Waals surface area contributed by atoms with Crippen molar-refractivity contribution in [1.82, 2.24) is 0 Å². The molecule has 1 amide bonds. The monoisotopic (exact) mass is 292 g/mol. The molecule has 1 aromatic rings. The van der Waals surface area contributed by atoms with Gasteiger partial charge in [-0.25, -0.2) is 0 Å². The quantitative estimate of drug-likeness (QED) is 0.670. The van der Waals surface area contributed by atoms with Crippen LogP contribution in [0.3, 0.4) is 0 Å². The third-order valence-corrected chi connectivity index (χ3v) is 2.15. The van der Waals surface area contributed by atoms with E-state index in [9.17, 15) is 32.9 Å². The van der Waals surface area contributed by atoms with Gasteiger partial charge in [0.2, 0.25) is 0 Å². The highest BCUT2D eigenvalue weighted by atomic mass is 19.4. The molecule has 1 N–H and O–H groups in total. The molecule has 0 aromatic heterocycles. The number of nitro groups is 1. The first-order chi connectivity index (χ1) is 9.12. The van der Waals surface area contributed by atoms with E-state index < -0.39 is 40.9 Å². The van der Waals surface area contributed by atoms with Gasteiger partial charge in [0.15, 0.2) is 0 Å². The van der Waals surface area contributed by atoms with Gasteiger partial charge >= 0.3 is 18.1 Å². The highest BCUT2D eigenvalue weighted by molar-refractivity contribution is 6.00. The van der Waals surface area contributed by atoms with Crippen molar-refractivity contribution in [1.29, 1.82) is 0 Å². The third-order valence-electron chi connectivity index (χ3n) is 2.15. The van der Waals surface area contributed by atoms with E-state index >= 15 is 0 Å². The minimum atomic E-state index is -5.25. The minimum absolute atomic E-state index is 0.0218. The van der Waals surface area contributed by atoms with E-state index in [0.29, 0.717) is 0 Å². The molecule has 0 bridgehead atoms. The number of carbonyl (C=O) groups excluding carboxylic acids is 1. The lowest BCUT2D eigenvalue weighted by Crippen LogP contribution is -2.44. The molecule has 0 atom stereocenters. The van der Waals surface area contributed by atoms with Gasteiger partial charge in [-0.05, 0) is 12.1 Å². The van der Waals surface area contributed by atoms with E-state index in [1.54, 1.807) is 0 Å². The molecule has 1 aromatic carbocycles. The van der Waals surface area contributed by atoms with Crippen molar-refractivity contribution in [2.75, 3.05) is 11.4 Å². The number of alkyl halides is 3. The van der Waals surface area contributed by atoms with Gasteiger partial charge in [-0.1, -0.05) is 0 Å². The van der Waals surface area contributed by atoms with Gasteiger partial charge in [-0.3, -0.25) is 24.6 Å². The average Bonchev–Trinajstić information content (AvgIpc) is 2.34. The summed E-state index contributed by atoms with van der Waals surface area (Å²) < 4.78 is 37.1. The van der Waals surface area contributed by atoms with Crippen molar-refractivity contribution >= 4 is 23.3 Å². The Morgan fingerprint density at radius 1 is 1.25 bits per heavy atom. The zero-order valence-corrected chi connectivity index (χ0v) is 9.63. The Morgan fingerprint density at radius 3 is 2.10 bits per heavy atom. The molecule has 1 rings (SSSR count). The number of nitrogens with zero attached hydrogens (tertiary/aromatic N) is 2. The number of hydrogen-bond acceptors (Lipinski definition) is 4. The van der Waals surface area contributed by atoms with Gasteiger partial charge in [0.25, 0.3) is 5.69 Å². The Labute approximate surface area is 109 Å². The molecule has 0 heterocycles. The number of halogens is 3. The summed E-state index contributed by atoms with van der Waals surface area (Å²) in [4.78, 5) is 31.2. The Balaban J connectivity index is 3.14. The second kappa shape index (κ2) is 5.55. The predicted molar refractivity (Wildman–Crippen MR) is 59.1 cm³/mol. The molecule has 0 unspecified atom stereocenters. The molecule has 0 saturated heterocycles. The van der Waals surface area contributed by atoms with E-state index in [0.717, 1.165) is 24.3 Å². The molecule has 108 valence electrons. The molecule has 7 nitrogen and oxygen atoms in total. The SMILES string of the molecule is O=C(O)CN(C(=O)C(F)(F)F)c1ccc([N+](=O)[O-])cc1. The topological polar surface area (TPSA) is 101 Å². The molecular weight excluding hydrogens is 285 g/mol. The minimum Gasteiger partial charge on any atom is -0.480 e. The zero-order valence-electron chi connectivity index (χ0n) is 9.63. The van der Waals surface area contributed by atoms with Crippen molar-refractivity contribution in [3.05, 3.63) is 34.4 Å². The van der Waals surface area contributed by atoms with Gasteiger partial charge in [0.05, 0.1) is 4.92 Å². The number of non-ortho nitro benzene ring substituents is 1. The number of anilines is 1. The second-order valence-corrected chi connectivity index (χ2v) is 3.56. The van der Waals surface area contributed by atoms with E-state index in [2.05, 4.69) is 0 Å². The molecule has 10 heteroatoms. The number of carboxylic acid groups (broad SMARTS) is 1. The maximum atomic E-state index is 12.4. The van der Waals surface area contributed by atoms with Gasteiger partial charge in [0.1, 0.15) is 6.54 Å². The van der Waals surface area contributed by atoms with Crippen LogP contribution in [0.2, 0.25) is 0 Å². The maximum absolute atomic E-state index is 12.4. The van der Waals surface area contributed by atoms with Gasteiger partial charge < -0.3 is 5.11 Å². The number of amides is 1. The van der Waals surface area contributed by atoms with Crippen LogP contribution in [0.25, 0.3) is 0 Å². The highest BCUT2D eigenvalue weighted by Crippen LogP contribution is 2.25. The van der Waals surface area contributed by atoms with Gasteiger partial charge in [-0.2, -0.15) is 13.2 Å². The van der Waals surface area contributed by atoms with Crippen molar-refractivity contribution in [3.63, 3.8) is 0 Å². The summed E-state index contributed by atoms with van der Waals surface area (Å²) in [5.41, 5.74) is -0.802. The lowest BCUT2D eigenvalue weighted by Gasteiger charge is -2.21. The van der Waals surface area contributed by atoms with Gasteiger partial charge in [-0.15, -0.1) is 0 Å². The Morgan fingerprint density at radius 2 is 1.75 bits per heavy atom. The second-order valence-electron chi connectivity index (χ2n) is 3.56. The van der Waals surface area contributed by atoms with Crippen LogP contribution in [0.4, 0.5) is 24.5 Å². The van der Waals surface area contributed by atoms with Crippen LogP contribution >= 0.6 is 0 Å². The fourth-order valence-corrected chi connectivity index (χ4v) is 1.32. The first kappa shape index (κ1) is 15.4. The summed E-state index contributed by atoms with van der Waals surface area (Å²) in [7, 11) is 0. The number of benzene rings is 1. The van der Waals surface area contributed by atoms with Crippen molar-refractivity contribution in [2.45, 2.75) is 6.18 Å². The molecule has 20 heavy (non-hydrogen) atoms. The van der Waals surface area contributed by atoms with Crippen LogP contribution in [0.15, 0.2) is 24.3 Å². The maximum Gasteiger partial charge on any atom is 0.471 e. The third kappa shape index (κ3) is 3.67. The van der Waals surface area contributed by atoms with Crippen LogP contribution in [-0.2, 0) is 9.59 Å². The van der Waals surface area contributed by atoms with E-state index in [-0.39, 0.29) is 4.90 Å². The molecule has 0 fully saturated rings. The van der Waals surface area contributed by atoms with E-state index in [1.807, 2.05) is 0 Å². The van der Waals surface area contributed by atoms with E-state index in [4.69, 9.17) is 5.11 Å². The number of nitro benzene ring substituents is 1. The fraction of sp³-hybridized carbons (Fsp3) is 0.200. The largest absolute Gasteiger partial charge is 0.480 e. The number of hydrogen-bond donors (Lipinski definition) is 1. The van der Waals surface area contributed by atoms with Crippen molar-refractivity contribution in [3.8, 4) is 0 Å². The molecule has 0 aliphatic rings. The lowest BCUT2D eigenvalue weighted by molar-refractivity contribution is -0.384. The molecular formula is C10H7F3N2O5. The standard InChI is InChI=1S/C10H7F3N2O5/c11-10(12,13)9(18)14(5-8(16)17)6-1-3-7(4-2-6)15(19)20/h1-4H,5H2,(H,16,17). The molecule has 0 aliphatic heterocycles. The van der Waals surface area contributed by atoms with Gasteiger partial charge in [0, 0.05) is 17.8 Å². The zero-order chi connectivity index (χ0) is 15.5. The van der Waals surface area contributed by atoms with Crippen LogP contribution in [0, 0.1) is 10.1 Å². The smallest absolute Gasteiger partial charge is 0.471 e. The van der Waals surface area contributed by atoms with E-state index in [1.165, 1.54) is 0 Å². The molecule has 0 radical (unpaired) electrons. The first-order valence-corrected chi connectivity index (χ1v) is 4.98. The van der Waals surface area contributed by atoms with Crippen LogP contribution < -0.4 is 4.90 Å². The molecule has 0 saturated carbocycles. The fourth-order valence-electron chi connectivity index (χ4n) is 1.32. The molecule has 0 spiro atoms. The number of carbonyl (C=O) groups is 2. The summed E-state index contributed by atoms with van der Waals surface area (Å²) in [5.74, 6) is -4.02. The first-order valence-electron chi connectivity index (χ1n) is 4.98. The van der Waals surface area contributed by atoms with Crippen molar-refractivity contribution < 1.29 is 32.8 Å². The lowest BCUT2D eigenvalue weighted by atomic mass is 10.2. The van der Waals surface area contributed by atoms with Crippen LogP contribution in [0.1, 0.15) is 0 Å². The summed E-state index contributed by atoms with van der Waals surface area (Å²) in [6, 6.07) is 3.47. The van der Waals surface area contributed by atoms with Crippen molar-refractivity contribution in [2.24, 2.45) is 0 Å². The van der Waals surface area contributed by atoms with Crippen LogP contribution in [0.5, 0.6) is 0 Å². The number of aliphatic carboxylic acids is 1. The summed E-state index contributed by atoms with van der Waals surface area (Å²) in [6.07, 6.45) is -5.25. The highest BCUT2D eigenvalue weighted by Gasteiger charge is 2.43. The average molecular weight is 292 g/mol. The Hall–Kier alpha value is -2.65. The Bertz CT molecular complexity index is 541. The number of carboxylic acids is 1. The van der Waals surface area contributed by atoms with Crippen LogP contribution in [-0.4, -0.2) is 34.6 Å². The summed E-state index contributed by atoms with van der Waals surface area (Å²) in [5, 5.41) is 18.9. The predicted octanol–water partition coefficient (Wildman–Crippen LogP) is 1.57.